The second kappa shape index (κ2) is 8.91. The second-order valence-corrected chi connectivity index (χ2v) is 13.4. The van der Waals surface area contributed by atoms with Crippen LogP contribution in [0.3, 0.4) is 0 Å². The van der Waals surface area contributed by atoms with Gasteiger partial charge in [0.25, 0.3) is 0 Å². The molecular formula is C30H48N2O2. The third kappa shape index (κ3) is 3.72. The smallest absolute Gasteiger partial charge is 0.302 e. The molecule has 34 heavy (non-hydrogen) atoms. The van der Waals surface area contributed by atoms with E-state index in [1.54, 1.807) is 6.92 Å². The van der Waals surface area contributed by atoms with Crippen LogP contribution in [-0.2, 0) is 9.53 Å². The van der Waals surface area contributed by atoms with Crippen molar-refractivity contribution >= 4 is 5.97 Å². The fraction of sp³-hybridized carbons (Fsp3) is 0.900. The molecular weight excluding hydrogens is 420 g/mol. The Hall–Kier alpha value is -0.870. The van der Waals surface area contributed by atoms with Crippen LogP contribution < -0.4 is 0 Å². The maximum Gasteiger partial charge on any atom is 0.302 e. The van der Waals surface area contributed by atoms with E-state index < -0.39 is 0 Å². The van der Waals surface area contributed by atoms with Gasteiger partial charge in [0.1, 0.15) is 6.10 Å². The lowest BCUT2D eigenvalue weighted by molar-refractivity contribution is -0.161. The molecule has 2 heterocycles. The van der Waals surface area contributed by atoms with Gasteiger partial charge in [0.15, 0.2) is 0 Å². The highest BCUT2D eigenvalue weighted by molar-refractivity contribution is 5.66. The maximum atomic E-state index is 12.3. The van der Waals surface area contributed by atoms with Crippen molar-refractivity contribution < 1.29 is 9.53 Å². The molecule has 0 N–H and O–H groups in total. The number of piperidine rings is 1. The highest BCUT2D eigenvalue weighted by atomic mass is 16.5. The largest absolute Gasteiger partial charge is 0.460 e. The van der Waals surface area contributed by atoms with Crippen LogP contribution in [0.15, 0.2) is 11.6 Å². The molecule has 8 unspecified atom stereocenters. The molecule has 2 saturated heterocycles. The summed E-state index contributed by atoms with van der Waals surface area (Å²) in [5.74, 6) is 2.20. The lowest BCUT2D eigenvalue weighted by atomic mass is 9.48. The molecule has 3 saturated carbocycles. The standard InChI is InChI=1S/C30H48N2O2/c1-21(33)34-28-27(32-17-5-4-6-18-32)20-26-24-10-9-22-19-23(31-15-7-8-16-31)11-13-29(22,2)25(24)12-14-30(26,28)3/h9,23-28H,4-8,10-20H2,1-3H3. The predicted octanol–water partition coefficient (Wildman–Crippen LogP) is 5.81. The summed E-state index contributed by atoms with van der Waals surface area (Å²) in [6.07, 6.45) is 18.7. The average Bonchev–Trinajstić information content (AvgIpc) is 3.46. The molecule has 6 aliphatic rings. The number of nitrogens with zero attached hydrogens (tertiary/aromatic N) is 2. The lowest BCUT2D eigenvalue weighted by Gasteiger charge is -2.58. The van der Waals surface area contributed by atoms with Gasteiger partial charge in [0, 0.05) is 24.4 Å². The number of likely N-dealkylation sites (tertiary alicyclic amines) is 2. The topological polar surface area (TPSA) is 32.8 Å². The first kappa shape index (κ1) is 23.5. The van der Waals surface area contributed by atoms with Gasteiger partial charge in [0.05, 0.1) is 0 Å². The molecule has 0 amide bonds. The zero-order chi connectivity index (χ0) is 23.5. The van der Waals surface area contributed by atoms with E-state index in [-0.39, 0.29) is 17.5 Å². The van der Waals surface area contributed by atoms with Gasteiger partial charge in [-0.2, -0.15) is 0 Å². The molecule has 0 spiro atoms. The summed E-state index contributed by atoms with van der Waals surface area (Å²) in [4.78, 5) is 17.8. The van der Waals surface area contributed by atoms with Crippen LogP contribution >= 0.6 is 0 Å². The summed E-state index contributed by atoms with van der Waals surface area (Å²) >= 11 is 0. The van der Waals surface area contributed by atoms with Crippen LogP contribution in [0.25, 0.3) is 0 Å². The van der Waals surface area contributed by atoms with Crippen LogP contribution in [0.4, 0.5) is 0 Å². The molecule has 4 nitrogen and oxygen atoms in total. The number of hydrogen-bond acceptors (Lipinski definition) is 4. The fourth-order valence-corrected chi connectivity index (χ4v) is 10.0. The summed E-state index contributed by atoms with van der Waals surface area (Å²) in [5.41, 5.74) is 2.35. The number of ether oxygens (including phenoxy) is 1. The summed E-state index contributed by atoms with van der Waals surface area (Å²) in [5, 5.41) is 0. The summed E-state index contributed by atoms with van der Waals surface area (Å²) in [6, 6.07) is 1.23. The number of hydrogen-bond donors (Lipinski definition) is 0. The van der Waals surface area contributed by atoms with Crippen molar-refractivity contribution in [3.63, 3.8) is 0 Å². The molecule has 2 aliphatic heterocycles. The zero-order valence-electron chi connectivity index (χ0n) is 22.1. The van der Waals surface area contributed by atoms with Gasteiger partial charge in [-0.1, -0.05) is 31.9 Å². The van der Waals surface area contributed by atoms with Crippen molar-refractivity contribution in [3.8, 4) is 0 Å². The van der Waals surface area contributed by atoms with E-state index in [4.69, 9.17) is 4.74 Å². The maximum absolute atomic E-state index is 12.3. The molecule has 0 aromatic heterocycles. The van der Waals surface area contributed by atoms with Crippen molar-refractivity contribution in [1.82, 2.24) is 9.80 Å². The van der Waals surface area contributed by atoms with Crippen molar-refractivity contribution in [2.45, 2.75) is 116 Å². The zero-order valence-corrected chi connectivity index (χ0v) is 22.1. The minimum Gasteiger partial charge on any atom is -0.460 e. The van der Waals surface area contributed by atoms with Crippen LogP contribution in [0, 0.1) is 28.6 Å². The Balaban J connectivity index is 1.26. The van der Waals surface area contributed by atoms with Crippen LogP contribution in [0.1, 0.15) is 97.8 Å². The Morgan fingerprint density at radius 3 is 2.38 bits per heavy atom. The molecule has 5 fully saturated rings. The molecule has 0 aromatic carbocycles. The lowest BCUT2D eigenvalue weighted by Crippen LogP contribution is -2.53. The highest BCUT2D eigenvalue weighted by Crippen LogP contribution is 2.66. The monoisotopic (exact) mass is 468 g/mol. The van der Waals surface area contributed by atoms with Crippen molar-refractivity contribution in [1.29, 1.82) is 0 Å². The Labute approximate surface area is 207 Å². The fourth-order valence-electron chi connectivity index (χ4n) is 10.0. The molecule has 4 aliphatic carbocycles. The van der Waals surface area contributed by atoms with Crippen LogP contribution in [0.5, 0.6) is 0 Å². The second-order valence-electron chi connectivity index (χ2n) is 13.4. The molecule has 190 valence electrons. The Bertz CT molecular complexity index is 813. The quantitative estimate of drug-likeness (QED) is 0.386. The summed E-state index contributed by atoms with van der Waals surface area (Å²) in [6.45, 7) is 11.8. The highest BCUT2D eigenvalue weighted by Gasteiger charge is 2.63. The SMILES string of the molecule is CC(=O)OC1C(N2CCCCC2)CC2C3CC=C4CC(N5CCCC5)CCC4(C)C3CCC21C. The number of fused-ring (bicyclic) bond motifs is 5. The van der Waals surface area contributed by atoms with Crippen LogP contribution in [0.2, 0.25) is 0 Å². The van der Waals surface area contributed by atoms with E-state index in [2.05, 4.69) is 29.7 Å². The third-order valence-electron chi connectivity index (χ3n) is 11.8. The third-order valence-corrected chi connectivity index (χ3v) is 11.8. The van der Waals surface area contributed by atoms with Crippen molar-refractivity contribution in [3.05, 3.63) is 11.6 Å². The van der Waals surface area contributed by atoms with E-state index in [1.165, 1.54) is 103 Å². The minimum absolute atomic E-state index is 0.0750. The molecule has 6 rings (SSSR count). The van der Waals surface area contributed by atoms with Gasteiger partial charge >= 0.3 is 5.97 Å². The van der Waals surface area contributed by atoms with E-state index in [9.17, 15) is 4.79 Å². The Kier molecular flexibility index (Phi) is 6.16. The summed E-state index contributed by atoms with van der Waals surface area (Å²) < 4.78 is 6.23. The van der Waals surface area contributed by atoms with E-state index in [0.717, 1.165) is 17.9 Å². The average molecular weight is 469 g/mol. The van der Waals surface area contributed by atoms with Gasteiger partial charge in [0.2, 0.25) is 0 Å². The number of carbonyl (C=O) groups excluding carboxylic acids is 1. The van der Waals surface area contributed by atoms with Gasteiger partial charge in [-0.05, 0) is 120 Å². The van der Waals surface area contributed by atoms with E-state index in [0.29, 0.717) is 17.4 Å². The van der Waals surface area contributed by atoms with Crippen molar-refractivity contribution in [2.75, 3.05) is 26.2 Å². The summed E-state index contributed by atoms with van der Waals surface area (Å²) in [7, 11) is 0. The first-order valence-corrected chi connectivity index (χ1v) is 14.7. The van der Waals surface area contributed by atoms with E-state index in [1.807, 2.05) is 5.57 Å². The number of rotatable bonds is 3. The molecule has 0 bridgehead atoms. The normalized spacial score (nSPS) is 47.4. The molecule has 0 radical (unpaired) electrons. The molecule has 4 heteroatoms. The van der Waals surface area contributed by atoms with Crippen LogP contribution in [-0.4, -0.2) is 60.1 Å². The van der Waals surface area contributed by atoms with Crippen molar-refractivity contribution in [2.24, 2.45) is 28.6 Å². The predicted molar refractivity (Wildman–Crippen MR) is 136 cm³/mol. The molecule has 8 atom stereocenters. The molecule has 0 aromatic rings. The first-order chi connectivity index (χ1) is 16.4. The minimum atomic E-state index is -0.0750. The van der Waals surface area contributed by atoms with Gasteiger partial charge in [-0.25, -0.2) is 0 Å². The van der Waals surface area contributed by atoms with Gasteiger partial charge in [-0.15, -0.1) is 0 Å². The van der Waals surface area contributed by atoms with E-state index >= 15 is 0 Å². The Morgan fingerprint density at radius 2 is 1.65 bits per heavy atom. The first-order valence-electron chi connectivity index (χ1n) is 14.7. The van der Waals surface area contributed by atoms with Gasteiger partial charge < -0.3 is 9.64 Å². The van der Waals surface area contributed by atoms with Gasteiger partial charge in [-0.3, -0.25) is 9.69 Å². The number of carbonyl (C=O) groups is 1. The number of esters is 1. The number of allylic oxidation sites excluding steroid dienone is 1. The Morgan fingerprint density at radius 1 is 0.941 bits per heavy atom.